The number of carbonyl (C=O) groups excluding carboxylic acids is 1. The molecule has 0 aliphatic rings. The van der Waals surface area contributed by atoms with Crippen molar-refractivity contribution in [2.24, 2.45) is 5.73 Å². The Hall–Kier alpha value is -3.20. The number of ether oxygens (including phenoxy) is 3. The first-order chi connectivity index (χ1) is 13.6. The summed E-state index contributed by atoms with van der Waals surface area (Å²) in [6.07, 6.45) is 0. The van der Waals surface area contributed by atoms with E-state index in [9.17, 15) is 4.79 Å². The Morgan fingerprint density at radius 2 is 1.71 bits per heavy atom. The molecular weight excluding hydrogens is 380 g/mol. The maximum Gasteiger partial charge on any atom is 0.227 e. The van der Waals surface area contributed by atoms with E-state index < -0.39 is 5.91 Å². The number of thioether (sulfide) groups is 1. The van der Waals surface area contributed by atoms with Gasteiger partial charge in [0.1, 0.15) is 5.75 Å². The highest BCUT2D eigenvalue weighted by Crippen LogP contribution is 2.34. The van der Waals surface area contributed by atoms with Gasteiger partial charge >= 0.3 is 0 Å². The summed E-state index contributed by atoms with van der Waals surface area (Å²) in [5.74, 6) is 2.19. The predicted molar refractivity (Wildman–Crippen MR) is 106 cm³/mol. The van der Waals surface area contributed by atoms with Crippen LogP contribution >= 0.6 is 11.8 Å². The first kappa shape index (κ1) is 19.6. The largest absolute Gasteiger partial charge is 0.497 e. The molecule has 3 aromatic rings. The van der Waals surface area contributed by atoms with Crippen molar-refractivity contribution in [3.05, 3.63) is 42.5 Å². The quantitative estimate of drug-likeness (QED) is 0.580. The van der Waals surface area contributed by atoms with Gasteiger partial charge < -0.3 is 19.9 Å². The molecule has 2 N–H and O–H groups in total. The molecular formula is C19H20N4O4S. The number of amides is 1. The second kappa shape index (κ2) is 8.66. The summed E-state index contributed by atoms with van der Waals surface area (Å²) in [5.41, 5.74) is 6.90. The standard InChI is InChI=1S/C19H20N4O4S/c1-25-14-7-5-13(6-8-14)23-18(21-22-19(23)28-11-17(20)24)12-4-9-15(26-2)16(10-12)27-3/h4-10H,11H2,1-3H3,(H2,20,24). The van der Waals surface area contributed by atoms with Crippen molar-refractivity contribution in [1.82, 2.24) is 14.8 Å². The second-order valence-electron chi connectivity index (χ2n) is 5.66. The third kappa shape index (κ3) is 4.04. The molecule has 0 aliphatic heterocycles. The number of nitrogens with zero attached hydrogens (tertiary/aromatic N) is 3. The molecule has 1 aromatic heterocycles. The summed E-state index contributed by atoms with van der Waals surface area (Å²) in [7, 11) is 4.76. The number of methoxy groups -OCH3 is 3. The van der Waals surface area contributed by atoms with Gasteiger partial charge in [-0.15, -0.1) is 10.2 Å². The number of aromatic nitrogens is 3. The molecule has 1 heterocycles. The highest BCUT2D eigenvalue weighted by atomic mass is 32.2. The van der Waals surface area contributed by atoms with Crippen molar-refractivity contribution < 1.29 is 19.0 Å². The molecule has 0 unspecified atom stereocenters. The van der Waals surface area contributed by atoms with Gasteiger partial charge in [0, 0.05) is 11.3 Å². The summed E-state index contributed by atoms with van der Waals surface area (Å²) in [6.45, 7) is 0. The maximum absolute atomic E-state index is 11.2. The zero-order chi connectivity index (χ0) is 20.1. The van der Waals surface area contributed by atoms with Crippen molar-refractivity contribution in [2.45, 2.75) is 5.16 Å². The highest BCUT2D eigenvalue weighted by Gasteiger charge is 2.18. The lowest BCUT2D eigenvalue weighted by molar-refractivity contribution is -0.115. The van der Waals surface area contributed by atoms with Crippen molar-refractivity contribution in [2.75, 3.05) is 27.1 Å². The number of hydrogen-bond acceptors (Lipinski definition) is 7. The smallest absolute Gasteiger partial charge is 0.227 e. The van der Waals surface area contributed by atoms with Crippen molar-refractivity contribution in [1.29, 1.82) is 0 Å². The summed E-state index contributed by atoms with van der Waals surface area (Å²) < 4.78 is 17.8. The van der Waals surface area contributed by atoms with Crippen LogP contribution in [0.3, 0.4) is 0 Å². The maximum atomic E-state index is 11.2. The van der Waals surface area contributed by atoms with E-state index in [1.807, 2.05) is 41.0 Å². The van der Waals surface area contributed by atoms with E-state index in [1.165, 1.54) is 11.8 Å². The number of hydrogen-bond donors (Lipinski definition) is 1. The summed E-state index contributed by atoms with van der Waals surface area (Å²) in [6, 6.07) is 13.0. The van der Waals surface area contributed by atoms with Crippen molar-refractivity contribution in [3.63, 3.8) is 0 Å². The molecule has 28 heavy (non-hydrogen) atoms. The fraction of sp³-hybridized carbons (Fsp3) is 0.211. The number of nitrogens with two attached hydrogens (primary N) is 1. The van der Waals surface area contributed by atoms with Gasteiger partial charge in [-0.1, -0.05) is 11.8 Å². The van der Waals surface area contributed by atoms with Crippen LogP contribution < -0.4 is 19.9 Å². The molecule has 0 radical (unpaired) electrons. The zero-order valence-corrected chi connectivity index (χ0v) is 16.5. The number of benzene rings is 2. The van der Waals surface area contributed by atoms with Gasteiger partial charge in [-0.3, -0.25) is 9.36 Å². The minimum Gasteiger partial charge on any atom is -0.497 e. The first-order valence-corrected chi connectivity index (χ1v) is 9.29. The second-order valence-corrected chi connectivity index (χ2v) is 6.61. The van der Waals surface area contributed by atoms with Crippen LogP contribution in [-0.2, 0) is 4.79 Å². The van der Waals surface area contributed by atoms with Gasteiger partial charge in [0.05, 0.1) is 27.1 Å². The van der Waals surface area contributed by atoms with E-state index in [0.29, 0.717) is 22.5 Å². The Morgan fingerprint density at radius 3 is 2.32 bits per heavy atom. The Kier molecular flexibility index (Phi) is 6.05. The number of carbonyl (C=O) groups is 1. The van der Waals surface area contributed by atoms with Crippen molar-refractivity contribution >= 4 is 17.7 Å². The molecule has 2 aromatic carbocycles. The monoisotopic (exact) mass is 400 g/mol. The number of rotatable bonds is 8. The van der Waals surface area contributed by atoms with E-state index >= 15 is 0 Å². The van der Waals surface area contributed by atoms with Crippen LogP contribution in [0.15, 0.2) is 47.6 Å². The van der Waals surface area contributed by atoms with E-state index in [4.69, 9.17) is 19.9 Å². The third-order valence-electron chi connectivity index (χ3n) is 3.95. The lowest BCUT2D eigenvalue weighted by Crippen LogP contribution is -2.13. The van der Waals surface area contributed by atoms with Crippen LogP contribution in [0.5, 0.6) is 17.2 Å². The normalized spacial score (nSPS) is 10.5. The Labute approximate surface area is 166 Å². The molecule has 0 bridgehead atoms. The van der Waals surface area contributed by atoms with E-state index in [0.717, 1.165) is 17.0 Å². The van der Waals surface area contributed by atoms with Gasteiger partial charge in [0.25, 0.3) is 0 Å². The molecule has 0 atom stereocenters. The van der Waals surface area contributed by atoms with Crippen LogP contribution in [0, 0.1) is 0 Å². The topological polar surface area (TPSA) is 101 Å². The molecule has 0 saturated carbocycles. The fourth-order valence-electron chi connectivity index (χ4n) is 2.63. The van der Waals surface area contributed by atoms with E-state index in [2.05, 4.69) is 10.2 Å². The Bertz CT molecular complexity index is 973. The molecule has 8 nitrogen and oxygen atoms in total. The minimum absolute atomic E-state index is 0.0974. The van der Waals surface area contributed by atoms with Gasteiger partial charge in [-0.2, -0.15) is 0 Å². The average molecular weight is 400 g/mol. The van der Waals surface area contributed by atoms with Crippen LogP contribution in [0.1, 0.15) is 0 Å². The first-order valence-electron chi connectivity index (χ1n) is 8.30. The van der Waals surface area contributed by atoms with E-state index in [1.54, 1.807) is 27.4 Å². The molecule has 0 aliphatic carbocycles. The molecule has 0 spiro atoms. The SMILES string of the molecule is COc1ccc(-n2c(SCC(N)=O)nnc2-c2ccc(OC)c(OC)c2)cc1. The lowest BCUT2D eigenvalue weighted by atomic mass is 10.2. The summed E-state index contributed by atoms with van der Waals surface area (Å²) >= 11 is 1.22. The molecule has 0 fully saturated rings. The molecule has 9 heteroatoms. The predicted octanol–water partition coefficient (Wildman–Crippen LogP) is 2.54. The van der Waals surface area contributed by atoms with Gasteiger partial charge in [0.15, 0.2) is 22.5 Å². The minimum atomic E-state index is -0.429. The fourth-order valence-corrected chi connectivity index (χ4v) is 3.32. The number of primary amides is 1. The Morgan fingerprint density at radius 1 is 1.00 bits per heavy atom. The summed E-state index contributed by atoms with van der Waals surface area (Å²) in [4.78, 5) is 11.2. The van der Waals surface area contributed by atoms with Crippen LogP contribution in [0.4, 0.5) is 0 Å². The van der Waals surface area contributed by atoms with Gasteiger partial charge in [-0.25, -0.2) is 0 Å². The average Bonchev–Trinajstić information content (AvgIpc) is 3.15. The summed E-state index contributed by atoms with van der Waals surface area (Å²) in [5, 5.41) is 9.12. The molecule has 1 amide bonds. The molecule has 0 saturated heterocycles. The van der Waals surface area contributed by atoms with Crippen LogP contribution in [0.2, 0.25) is 0 Å². The third-order valence-corrected chi connectivity index (χ3v) is 4.90. The Balaban J connectivity index is 2.11. The van der Waals surface area contributed by atoms with Crippen molar-refractivity contribution in [3.8, 4) is 34.3 Å². The van der Waals surface area contributed by atoms with E-state index in [-0.39, 0.29) is 5.75 Å². The van der Waals surface area contributed by atoms with Crippen LogP contribution in [0.25, 0.3) is 17.1 Å². The lowest BCUT2D eigenvalue weighted by Gasteiger charge is -2.12. The molecule has 146 valence electrons. The highest BCUT2D eigenvalue weighted by molar-refractivity contribution is 7.99. The van der Waals surface area contributed by atoms with Gasteiger partial charge in [0.2, 0.25) is 5.91 Å². The zero-order valence-electron chi connectivity index (χ0n) is 15.7. The van der Waals surface area contributed by atoms with Gasteiger partial charge in [-0.05, 0) is 42.5 Å². The molecule has 3 rings (SSSR count). The van der Waals surface area contributed by atoms with Crippen LogP contribution in [-0.4, -0.2) is 47.8 Å².